The van der Waals surface area contributed by atoms with E-state index in [1.165, 1.54) is 16.7 Å². The molecule has 2 aromatic rings. The standard InChI is InChI=1S/C21H26BrNO2/c1-17-5-2-3-6-19(17)16-25-21-9-8-20(22)15-18(21)7-4-10-23-11-13-24-14-12-23/h2-3,5-6,8-9,15H,4,7,10-14,16H2,1H3. The van der Waals surface area contributed by atoms with E-state index in [0.717, 1.165) is 55.9 Å². The van der Waals surface area contributed by atoms with Crippen LogP contribution in [0.3, 0.4) is 0 Å². The van der Waals surface area contributed by atoms with Crippen molar-refractivity contribution in [2.24, 2.45) is 0 Å². The molecule has 134 valence electrons. The smallest absolute Gasteiger partial charge is 0.123 e. The first-order valence-corrected chi connectivity index (χ1v) is 9.77. The Morgan fingerprint density at radius 2 is 1.88 bits per heavy atom. The molecular formula is C21H26BrNO2. The summed E-state index contributed by atoms with van der Waals surface area (Å²) in [7, 11) is 0. The van der Waals surface area contributed by atoms with Gasteiger partial charge >= 0.3 is 0 Å². The molecule has 1 saturated heterocycles. The highest BCUT2D eigenvalue weighted by Gasteiger charge is 2.11. The molecule has 1 heterocycles. The minimum absolute atomic E-state index is 0.616. The Labute approximate surface area is 159 Å². The summed E-state index contributed by atoms with van der Waals surface area (Å²) in [6.07, 6.45) is 2.16. The molecule has 0 saturated carbocycles. The molecule has 0 atom stereocenters. The van der Waals surface area contributed by atoms with Crippen molar-refractivity contribution >= 4 is 15.9 Å². The summed E-state index contributed by atoms with van der Waals surface area (Å²) in [5, 5.41) is 0. The van der Waals surface area contributed by atoms with Crippen LogP contribution >= 0.6 is 15.9 Å². The number of benzene rings is 2. The molecule has 0 aliphatic carbocycles. The van der Waals surface area contributed by atoms with Crippen molar-refractivity contribution in [3.05, 3.63) is 63.6 Å². The Morgan fingerprint density at radius 3 is 2.68 bits per heavy atom. The maximum atomic E-state index is 6.15. The second kappa shape index (κ2) is 9.37. The fourth-order valence-electron chi connectivity index (χ4n) is 3.13. The van der Waals surface area contributed by atoms with E-state index in [4.69, 9.17) is 9.47 Å². The average Bonchev–Trinajstić information content (AvgIpc) is 2.63. The lowest BCUT2D eigenvalue weighted by molar-refractivity contribution is 0.0374. The highest BCUT2D eigenvalue weighted by Crippen LogP contribution is 2.26. The number of hydrogen-bond donors (Lipinski definition) is 0. The Balaban J connectivity index is 1.58. The third-order valence-electron chi connectivity index (χ3n) is 4.69. The summed E-state index contributed by atoms with van der Waals surface area (Å²) in [5.74, 6) is 0.994. The predicted molar refractivity (Wildman–Crippen MR) is 105 cm³/mol. The van der Waals surface area contributed by atoms with Crippen LogP contribution in [-0.4, -0.2) is 37.7 Å². The zero-order valence-corrected chi connectivity index (χ0v) is 16.4. The summed E-state index contributed by atoms with van der Waals surface area (Å²) in [4.78, 5) is 2.48. The lowest BCUT2D eigenvalue weighted by Gasteiger charge is -2.26. The molecule has 0 amide bonds. The fraction of sp³-hybridized carbons (Fsp3) is 0.429. The molecular weight excluding hydrogens is 378 g/mol. The monoisotopic (exact) mass is 403 g/mol. The lowest BCUT2D eigenvalue weighted by atomic mass is 10.1. The van der Waals surface area contributed by atoms with Gasteiger partial charge in [-0.1, -0.05) is 40.2 Å². The molecule has 0 spiro atoms. The second-order valence-electron chi connectivity index (χ2n) is 6.52. The lowest BCUT2D eigenvalue weighted by Crippen LogP contribution is -2.36. The third kappa shape index (κ3) is 5.56. The average molecular weight is 404 g/mol. The van der Waals surface area contributed by atoms with Crippen molar-refractivity contribution in [1.29, 1.82) is 0 Å². The van der Waals surface area contributed by atoms with Gasteiger partial charge in [0.2, 0.25) is 0 Å². The third-order valence-corrected chi connectivity index (χ3v) is 5.18. The van der Waals surface area contributed by atoms with Gasteiger partial charge in [-0.05, 0) is 61.2 Å². The van der Waals surface area contributed by atoms with Crippen molar-refractivity contribution in [2.45, 2.75) is 26.4 Å². The van der Waals surface area contributed by atoms with E-state index < -0.39 is 0 Å². The molecule has 25 heavy (non-hydrogen) atoms. The number of aryl methyl sites for hydroxylation is 2. The van der Waals surface area contributed by atoms with E-state index in [1.807, 2.05) is 0 Å². The molecule has 1 aliphatic heterocycles. The van der Waals surface area contributed by atoms with Gasteiger partial charge in [0.25, 0.3) is 0 Å². The first-order chi connectivity index (χ1) is 12.2. The topological polar surface area (TPSA) is 21.7 Å². The van der Waals surface area contributed by atoms with Crippen LogP contribution in [-0.2, 0) is 17.8 Å². The zero-order chi connectivity index (χ0) is 17.5. The highest BCUT2D eigenvalue weighted by molar-refractivity contribution is 9.10. The van der Waals surface area contributed by atoms with Crippen LogP contribution < -0.4 is 4.74 Å². The largest absolute Gasteiger partial charge is 0.489 e. The van der Waals surface area contributed by atoms with Gasteiger partial charge in [0.05, 0.1) is 13.2 Å². The summed E-state index contributed by atoms with van der Waals surface area (Å²) >= 11 is 3.59. The molecule has 0 N–H and O–H groups in total. The molecule has 3 rings (SSSR count). The SMILES string of the molecule is Cc1ccccc1COc1ccc(Br)cc1CCCN1CCOCC1. The van der Waals surface area contributed by atoms with Gasteiger partial charge in [-0.15, -0.1) is 0 Å². The van der Waals surface area contributed by atoms with Gasteiger partial charge in [-0.3, -0.25) is 4.90 Å². The van der Waals surface area contributed by atoms with E-state index in [1.54, 1.807) is 0 Å². The minimum Gasteiger partial charge on any atom is -0.489 e. The Morgan fingerprint density at radius 1 is 1.08 bits per heavy atom. The van der Waals surface area contributed by atoms with Crippen LogP contribution in [0.5, 0.6) is 5.75 Å². The molecule has 1 fully saturated rings. The number of nitrogens with zero attached hydrogens (tertiary/aromatic N) is 1. The number of morpholine rings is 1. The molecule has 1 aliphatic rings. The van der Waals surface area contributed by atoms with E-state index in [2.05, 4.69) is 70.2 Å². The van der Waals surface area contributed by atoms with Gasteiger partial charge < -0.3 is 9.47 Å². The van der Waals surface area contributed by atoms with Crippen LogP contribution in [0.2, 0.25) is 0 Å². The summed E-state index contributed by atoms with van der Waals surface area (Å²) < 4.78 is 12.7. The van der Waals surface area contributed by atoms with Crippen LogP contribution in [0, 0.1) is 6.92 Å². The molecule has 0 aromatic heterocycles. The minimum atomic E-state index is 0.616. The van der Waals surface area contributed by atoms with Crippen molar-refractivity contribution in [3.63, 3.8) is 0 Å². The van der Waals surface area contributed by atoms with E-state index >= 15 is 0 Å². The molecule has 4 heteroatoms. The molecule has 0 radical (unpaired) electrons. The van der Waals surface area contributed by atoms with Crippen LogP contribution in [0.1, 0.15) is 23.1 Å². The van der Waals surface area contributed by atoms with Crippen molar-refractivity contribution in [3.8, 4) is 5.75 Å². The van der Waals surface area contributed by atoms with Crippen molar-refractivity contribution in [1.82, 2.24) is 4.90 Å². The normalized spacial score (nSPS) is 15.3. The van der Waals surface area contributed by atoms with Crippen molar-refractivity contribution in [2.75, 3.05) is 32.8 Å². The first kappa shape index (κ1) is 18.4. The summed E-state index contributed by atoms with van der Waals surface area (Å²) in [6.45, 7) is 7.69. The Bertz CT molecular complexity index is 683. The van der Waals surface area contributed by atoms with E-state index in [0.29, 0.717) is 6.61 Å². The second-order valence-corrected chi connectivity index (χ2v) is 7.44. The van der Waals surface area contributed by atoms with E-state index in [9.17, 15) is 0 Å². The van der Waals surface area contributed by atoms with E-state index in [-0.39, 0.29) is 0 Å². The quantitative estimate of drug-likeness (QED) is 0.673. The Kier molecular flexibility index (Phi) is 6.91. The zero-order valence-electron chi connectivity index (χ0n) is 14.8. The van der Waals surface area contributed by atoms with Gasteiger partial charge in [0.1, 0.15) is 12.4 Å². The van der Waals surface area contributed by atoms with Gasteiger partial charge in [-0.25, -0.2) is 0 Å². The summed E-state index contributed by atoms with van der Waals surface area (Å²) in [5.41, 5.74) is 3.79. The molecule has 0 bridgehead atoms. The predicted octanol–water partition coefficient (Wildman–Crippen LogP) is 4.60. The maximum absolute atomic E-state index is 6.15. The van der Waals surface area contributed by atoms with Crippen molar-refractivity contribution < 1.29 is 9.47 Å². The molecule has 2 aromatic carbocycles. The van der Waals surface area contributed by atoms with Crippen LogP contribution in [0.15, 0.2) is 46.9 Å². The van der Waals surface area contributed by atoms with Gasteiger partial charge in [-0.2, -0.15) is 0 Å². The summed E-state index contributed by atoms with van der Waals surface area (Å²) in [6, 6.07) is 14.7. The number of ether oxygens (including phenoxy) is 2. The first-order valence-electron chi connectivity index (χ1n) is 8.98. The van der Waals surface area contributed by atoms with Crippen LogP contribution in [0.4, 0.5) is 0 Å². The van der Waals surface area contributed by atoms with Gasteiger partial charge in [0.15, 0.2) is 0 Å². The number of rotatable bonds is 7. The van der Waals surface area contributed by atoms with Crippen LogP contribution in [0.25, 0.3) is 0 Å². The highest BCUT2D eigenvalue weighted by atomic mass is 79.9. The number of halogens is 1. The number of hydrogen-bond acceptors (Lipinski definition) is 3. The Hall–Kier alpha value is -1.36. The van der Waals surface area contributed by atoms with Gasteiger partial charge in [0, 0.05) is 17.6 Å². The molecule has 0 unspecified atom stereocenters. The maximum Gasteiger partial charge on any atom is 0.123 e. The fourth-order valence-corrected chi connectivity index (χ4v) is 3.54. The molecule has 3 nitrogen and oxygen atoms in total.